The van der Waals surface area contributed by atoms with Crippen LogP contribution in [0.5, 0.6) is 0 Å². The van der Waals surface area contributed by atoms with Gasteiger partial charge in [0.15, 0.2) is 6.10 Å². The Hall–Kier alpha value is -1.25. The van der Waals surface area contributed by atoms with Crippen molar-refractivity contribution in [2.45, 2.75) is 315 Å². The van der Waals surface area contributed by atoms with Gasteiger partial charge in [0.05, 0.1) is 27.7 Å². The van der Waals surface area contributed by atoms with Crippen molar-refractivity contribution < 1.29 is 42.1 Å². The van der Waals surface area contributed by atoms with Crippen molar-refractivity contribution in [3.8, 4) is 0 Å². The van der Waals surface area contributed by atoms with Gasteiger partial charge in [0.1, 0.15) is 19.8 Å². The Balaban J connectivity index is 3.65. The summed E-state index contributed by atoms with van der Waals surface area (Å²) >= 11 is 0. The van der Waals surface area contributed by atoms with Gasteiger partial charge in [0.25, 0.3) is 7.82 Å². The fourth-order valence-electron chi connectivity index (χ4n) is 9.07. The van der Waals surface area contributed by atoms with Crippen LogP contribution in [0.4, 0.5) is 0 Å². The van der Waals surface area contributed by atoms with Gasteiger partial charge in [-0.05, 0) is 38.5 Å². The third-order valence-corrected chi connectivity index (χ3v) is 14.7. The molecule has 0 N–H and O–H groups in total. The molecule has 2 unspecified atom stereocenters. The summed E-state index contributed by atoms with van der Waals surface area (Å²) in [6.45, 7) is 4.17. The highest BCUT2D eigenvalue weighted by Gasteiger charge is 2.22. The normalized spacial score (nSPS) is 13.3. The lowest BCUT2D eigenvalue weighted by atomic mass is 10.0. The van der Waals surface area contributed by atoms with E-state index in [4.69, 9.17) is 18.5 Å². The summed E-state index contributed by atoms with van der Waals surface area (Å²) in [5, 5.41) is 0. The highest BCUT2D eigenvalue weighted by atomic mass is 31.2. The minimum Gasteiger partial charge on any atom is -0.756 e. The van der Waals surface area contributed by atoms with Crippen LogP contribution in [0.25, 0.3) is 0 Å². The van der Waals surface area contributed by atoms with E-state index in [-0.39, 0.29) is 26.1 Å². The van der Waals surface area contributed by atoms with Crippen LogP contribution in [-0.2, 0) is 32.7 Å². The lowest BCUT2D eigenvalue weighted by Gasteiger charge is -2.28. The monoisotopic (exact) mass is 1010 g/mol. The van der Waals surface area contributed by atoms with Gasteiger partial charge in [-0.2, -0.15) is 0 Å². The maximum atomic E-state index is 12.7. The number of carbonyl (C=O) groups is 2. The number of unbranched alkanes of at least 4 members (excludes halogenated alkanes) is 41. The van der Waals surface area contributed by atoms with Crippen LogP contribution in [0.2, 0.25) is 0 Å². The Bertz CT molecular complexity index is 1190. The molecule has 70 heavy (non-hydrogen) atoms. The summed E-state index contributed by atoms with van der Waals surface area (Å²) in [7, 11) is 1.18. The van der Waals surface area contributed by atoms with Crippen LogP contribution >= 0.6 is 7.82 Å². The number of phosphoric acid groups is 1. The summed E-state index contributed by atoms with van der Waals surface area (Å²) in [6, 6.07) is 0. The first kappa shape index (κ1) is 68.8. The Kier molecular flexibility index (Phi) is 51.7. The second-order valence-electron chi connectivity index (χ2n) is 22.1. The maximum absolute atomic E-state index is 12.7. The van der Waals surface area contributed by atoms with Gasteiger partial charge in [0.2, 0.25) is 0 Å². The average Bonchev–Trinajstić information content (AvgIpc) is 3.32. The number of nitrogens with zero attached hydrogens (tertiary/aromatic N) is 1. The molecule has 0 saturated carbocycles. The van der Waals surface area contributed by atoms with Crippen LogP contribution < -0.4 is 4.89 Å². The van der Waals surface area contributed by atoms with Gasteiger partial charge in [0, 0.05) is 12.8 Å². The highest BCUT2D eigenvalue weighted by Crippen LogP contribution is 2.38. The fourth-order valence-corrected chi connectivity index (χ4v) is 9.80. The number of rotatable bonds is 57. The molecule has 0 aliphatic carbocycles. The molecule has 0 aromatic rings. The van der Waals surface area contributed by atoms with Crippen LogP contribution in [-0.4, -0.2) is 70.0 Å². The number of hydrogen-bond donors (Lipinski definition) is 0. The Morgan fingerprint density at radius 1 is 0.429 bits per heavy atom. The van der Waals surface area contributed by atoms with Gasteiger partial charge >= 0.3 is 11.9 Å². The van der Waals surface area contributed by atoms with Crippen molar-refractivity contribution >= 4 is 19.8 Å². The zero-order valence-electron chi connectivity index (χ0n) is 47.2. The molecule has 0 rings (SSSR count). The molecule has 9 nitrogen and oxygen atoms in total. The molecule has 0 saturated heterocycles. The third-order valence-electron chi connectivity index (χ3n) is 13.8. The Morgan fingerprint density at radius 3 is 1.06 bits per heavy atom. The topological polar surface area (TPSA) is 111 Å². The van der Waals surface area contributed by atoms with Crippen molar-refractivity contribution in [1.29, 1.82) is 0 Å². The molecule has 10 heteroatoms. The van der Waals surface area contributed by atoms with Crippen molar-refractivity contribution in [2.24, 2.45) is 0 Å². The number of phosphoric ester groups is 1. The molecule has 0 aliphatic heterocycles. The Morgan fingerprint density at radius 2 is 0.729 bits per heavy atom. The standard InChI is InChI=1S/C60H118NO8P/c1-6-8-10-12-13-14-15-16-17-18-19-20-21-22-23-24-25-26-27-28-29-30-31-32-33-34-35-36-37-38-39-40-41-42-43-44-45-46-47-49-51-53-60(63)69-58(56-66-59(62)52-50-48-11-9-7-2)57-68-70(64,65)67-55-54-61(3,4)5/h18-19,58H,6-17,20-57H2,1-5H3/b19-18-. The van der Waals surface area contributed by atoms with E-state index in [1.807, 2.05) is 21.1 Å². The smallest absolute Gasteiger partial charge is 0.306 e. The van der Waals surface area contributed by atoms with Gasteiger partial charge < -0.3 is 27.9 Å². The van der Waals surface area contributed by atoms with E-state index in [9.17, 15) is 19.0 Å². The molecule has 0 fully saturated rings. The molecule has 0 heterocycles. The molecule has 0 aromatic carbocycles. The van der Waals surface area contributed by atoms with Gasteiger partial charge in [-0.15, -0.1) is 0 Å². The largest absolute Gasteiger partial charge is 0.756 e. The van der Waals surface area contributed by atoms with E-state index in [2.05, 4.69) is 26.0 Å². The SMILES string of the molecule is CCCCCCCCCC/C=C\CCCCCCCCCCCCCCCCCCCCCCCCCCCCCCCC(=O)OC(COC(=O)CCCCCCC)COP(=O)([O-])OCC[N+](C)(C)C. The summed E-state index contributed by atoms with van der Waals surface area (Å²) < 4.78 is 33.8. The van der Waals surface area contributed by atoms with Crippen LogP contribution in [0.3, 0.4) is 0 Å². The summed E-state index contributed by atoms with van der Waals surface area (Å²) in [5.41, 5.74) is 0. The molecule has 0 aromatic heterocycles. The Labute approximate surface area is 435 Å². The molecule has 0 spiro atoms. The zero-order chi connectivity index (χ0) is 51.3. The van der Waals surface area contributed by atoms with Gasteiger partial charge in [-0.1, -0.05) is 270 Å². The van der Waals surface area contributed by atoms with E-state index in [0.717, 1.165) is 44.9 Å². The van der Waals surface area contributed by atoms with Crippen LogP contribution in [0.15, 0.2) is 12.2 Å². The fraction of sp³-hybridized carbons (Fsp3) is 0.933. The minimum atomic E-state index is -4.61. The number of hydrogen-bond acceptors (Lipinski definition) is 8. The molecule has 0 amide bonds. The average molecular weight is 1010 g/mol. The van der Waals surface area contributed by atoms with E-state index >= 15 is 0 Å². The number of carbonyl (C=O) groups excluding carboxylic acids is 2. The summed E-state index contributed by atoms with van der Waals surface area (Å²) in [4.78, 5) is 37.3. The molecule has 0 aliphatic rings. The highest BCUT2D eigenvalue weighted by molar-refractivity contribution is 7.45. The van der Waals surface area contributed by atoms with Crippen molar-refractivity contribution in [3.63, 3.8) is 0 Å². The second kappa shape index (κ2) is 52.6. The molecule has 2 atom stereocenters. The minimum absolute atomic E-state index is 0.0268. The first-order valence-corrected chi connectivity index (χ1v) is 31.9. The predicted octanol–water partition coefficient (Wildman–Crippen LogP) is 18.2. The molecule has 416 valence electrons. The second-order valence-corrected chi connectivity index (χ2v) is 23.5. The number of allylic oxidation sites excluding steroid dienone is 2. The quantitative estimate of drug-likeness (QED) is 0.0195. The predicted molar refractivity (Wildman–Crippen MR) is 296 cm³/mol. The van der Waals surface area contributed by atoms with Crippen LogP contribution in [0.1, 0.15) is 309 Å². The first-order valence-electron chi connectivity index (χ1n) is 30.4. The van der Waals surface area contributed by atoms with Crippen LogP contribution in [0, 0.1) is 0 Å². The molecular formula is C60H118NO8P. The van der Waals surface area contributed by atoms with E-state index in [1.165, 1.54) is 231 Å². The van der Waals surface area contributed by atoms with Gasteiger partial charge in [-0.3, -0.25) is 14.2 Å². The summed E-state index contributed by atoms with van der Waals surface area (Å²) in [5.74, 6) is -0.833. The van der Waals surface area contributed by atoms with Gasteiger partial charge in [-0.25, -0.2) is 0 Å². The van der Waals surface area contributed by atoms with Crippen molar-refractivity contribution in [1.82, 2.24) is 0 Å². The first-order chi connectivity index (χ1) is 34.0. The number of likely N-dealkylation sites (N-methyl/N-ethyl adjacent to an activating group) is 1. The third kappa shape index (κ3) is 56.1. The summed E-state index contributed by atoms with van der Waals surface area (Å²) in [6.07, 6.45) is 62.3. The molecular weight excluding hydrogens is 894 g/mol. The number of quaternary nitrogens is 1. The number of esters is 2. The molecule has 0 radical (unpaired) electrons. The van der Waals surface area contributed by atoms with Crippen molar-refractivity contribution in [2.75, 3.05) is 47.5 Å². The lowest BCUT2D eigenvalue weighted by molar-refractivity contribution is -0.870. The lowest BCUT2D eigenvalue weighted by Crippen LogP contribution is -2.37. The van der Waals surface area contributed by atoms with E-state index in [1.54, 1.807) is 0 Å². The van der Waals surface area contributed by atoms with E-state index < -0.39 is 32.5 Å². The van der Waals surface area contributed by atoms with Crippen molar-refractivity contribution in [3.05, 3.63) is 12.2 Å². The maximum Gasteiger partial charge on any atom is 0.306 e. The van der Waals surface area contributed by atoms with E-state index in [0.29, 0.717) is 17.4 Å². The molecule has 0 bridgehead atoms. The zero-order valence-corrected chi connectivity index (χ0v) is 48.1. The number of ether oxygens (including phenoxy) is 2.